The summed E-state index contributed by atoms with van der Waals surface area (Å²) in [5, 5.41) is 25.3. The number of hydrogen-bond acceptors (Lipinski definition) is 6. The lowest BCUT2D eigenvalue weighted by atomic mass is 10.0. The highest BCUT2D eigenvalue weighted by Gasteiger charge is 2.29. The van der Waals surface area contributed by atoms with Crippen molar-refractivity contribution in [1.82, 2.24) is 4.98 Å². The molecule has 0 spiro atoms. The number of nitro groups is 2. The summed E-state index contributed by atoms with van der Waals surface area (Å²) in [4.78, 5) is 25.5. The first-order chi connectivity index (χ1) is 10.3. The molecule has 2 rings (SSSR count). The van der Waals surface area contributed by atoms with Gasteiger partial charge in [0, 0.05) is 17.3 Å². The highest BCUT2D eigenvalue weighted by atomic mass is 16.6. The third-order valence-corrected chi connectivity index (χ3v) is 3.31. The van der Waals surface area contributed by atoms with E-state index in [1.54, 1.807) is 39.0 Å². The van der Waals surface area contributed by atoms with E-state index < -0.39 is 9.85 Å². The smallest absolute Gasteiger partial charge is 0.302 e. The fourth-order valence-corrected chi connectivity index (χ4v) is 2.12. The maximum absolute atomic E-state index is 11.3. The van der Waals surface area contributed by atoms with Crippen molar-refractivity contribution in [1.29, 1.82) is 0 Å². The van der Waals surface area contributed by atoms with Crippen LogP contribution in [0.25, 0.3) is 0 Å². The summed E-state index contributed by atoms with van der Waals surface area (Å²) in [5.74, 6) is 0.314. The molecule has 2 aromatic rings. The molecule has 22 heavy (non-hydrogen) atoms. The standard InChI is InChI=1S/C14H14N4O4/c1-8-7-11(17(19)20)13(14(10(8)3)18(21)22)16-12-6-4-5-9(2)15-12/h4-7H,1-3H3,(H,15,16). The van der Waals surface area contributed by atoms with Crippen LogP contribution in [0, 0.1) is 41.0 Å². The Bertz CT molecular complexity index is 774. The van der Waals surface area contributed by atoms with E-state index in [4.69, 9.17) is 0 Å². The Balaban J connectivity index is 2.68. The van der Waals surface area contributed by atoms with Gasteiger partial charge in [-0.25, -0.2) is 4.98 Å². The number of aromatic nitrogens is 1. The van der Waals surface area contributed by atoms with E-state index in [1.165, 1.54) is 6.07 Å². The minimum atomic E-state index is -0.641. The summed E-state index contributed by atoms with van der Waals surface area (Å²) in [6.45, 7) is 4.92. The minimum Gasteiger partial charge on any atom is -0.329 e. The van der Waals surface area contributed by atoms with E-state index >= 15 is 0 Å². The van der Waals surface area contributed by atoms with Crippen LogP contribution < -0.4 is 5.32 Å². The Labute approximate surface area is 126 Å². The Morgan fingerprint density at radius 2 is 1.77 bits per heavy atom. The van der Waals surface area contributed by atoms with Crippen LogP contribution in [-0.4, -0.2) is 14.8 Å². The lowest BCUT2D eigenvalue weighted by molar-refractivity contribution is -0.392. The van der Waals surface area contributed by atoms with Crippen LogP contribution in [0.1, 0.15) is 16.8 Å². The highest BCUT2D eigenvalue weighted by molar-refractivity contribution is 5.81. The van der Waals surface area contributed by atoms with Crippen molar-refractivity contribution in [2.45, 2.75) is 20.8 Å². The van der Waals surface area contributed by atoms with Crippen molar-refractivity contribution in [2.75, 3.05) is 5.32 Å². The molecule has 0 amide bonds. The molecular weight excluding hydrogens is 288 g/mol. The number of pyridine rings is 1. The number of nitrogens with one attached hydrogen (secondary N) is 1. The third-order valence-electron chi connectivity index (χ3n) is 3.31. The monoisotopic (exact) mass is 302 g/mol. The Morgan fingerprint density at radius 1 is 1.09 bits per heavy atom. The maximum Gasteiger partial charge on any atom is 0.302 e. The van der Waals surface area contributed by atoms with Gasteiger partial charge in [0.15, 0.2) is 5.69 Å². The fraction of sp³-hybridized carbons (Fsp3) is 0.214. The van der Waals surface area contributed by atoms with Gasteiger partial charge in [-0.1, -0.05) is 6.07 Å². The van der Waals surface area contributed by atoms with E-state index in [0.29, 0.717) is 22.6 Å². The topological polar surface area (TPSA) is 111 Å². The summed E-state index contributed by atoms with van der Waals surface area (Å²) in [7, 11) is 0. The highest BCUT2D eigenvalue weighted by Crippen LogP contribution is 2.40. The number of nitro benzene ring substituents is 2. The Hall–Kier alpha value is -3.03. The van der Waals surface area contributed by atoms with Gasteiger partial charge >= 0.3 is 5.69 Å². The lowest BCUT2D eigenvalue weighted by Crippen LogP contribution is -2.06. The average Bonchev–Trinajstić information content (AvgIpc) is 2.42. The largest absolute Gasteiger partial charge is 0.329 e. The maximum atomic E-state index is 11.3. The molecule has 0 saturated heterocycles. The van der Waals surface area contributed by atoms with E-state index in [9.17, 15) is 20.2 Å². The van der Waals surface area contributed by atoms with Gasteiger partial charge in [0.25, 0.3) is 5.69 Å². The van der Waals surface area contributed by atoms with Crippen molar-refractivity contribution >= 4 is 22.9 Å². The van der Waals surface area contributed by atoms with Gasteiger partial charge < -0.3 is 5.32 Å². The second-order valence-corrected chi connectivity index (χ2v) is 4.86. The number of aryl methyl sites for hydroxylation is 2. The molecule has 0 aliphatic rings. The molecular formula is C14H14N4O4. The molecule has 1 aromatic carbocycles. The molecule has 1 heterocycles. The fourth-order valence-electron chi connectivity index (χ4n) is 2.12. The minimum absolute atomic E-state index is 0.156. The predicted molar refractivity (Wildman–Crippen MR) is 81.5 cm³/mol. The van der Waals surface area contributed by atoms with E-state index in [0.717, 1.165) is 0 Å². The summed E-state index contributed by atoms with van der Waals surface area (Å²) >= 11 is 0. The van der Waals surface area contributed by atoms with Crippen molar-refractivity contribution < 1.29 is 9.85 Å². The molecule has 0 fully saturated rings. The van der Waals surface area contributed by atoms with Crippen molar-refractivity contribution in [3.8, 4) is 0 Å². The number of anilines is 2. The predicted octanol–water partition coefficient (Wildman–Crippen LogP) is 3.57. The van der Waals surface area contributed by atoms with Crippen LogP contribution in [0.15, 0.2) is 24.3 Å². The summed E-state index contributed by atoms with van der Waals surface area (Å²) in [6, 6.07) is 6.38. The van der Waals surface area contributed by atoms with E-state index in [-0.39, 0.29) is 17.1 Å². The van der Waals surface area contributed by atoms with Crippen molar-refractivity contribution in [2.24, 2.45) is 0 Å². The van der Waals surface area contributed by atoms with Crippen LogP contribution in [0.3, 0.4) is 0 Å². The molecule has 114 valence electrons. The Morgan fingerprint density at radius 3 is 2.32 bits per heavy atom. The van der Waals surface area contributed by atoms with Gasteiger partial charge in [-0.15, -0.1) is 0 Å². The van der Waals surface area contributed by atoms with Crippen LogP contribution in [0.5, 0.6) is 0 Å². The quantitative estimate of drug-likeness (QED) is 0.682. The van der Waals surface area contributed by atoms with Gasteiger partial charge in [-0.2, -0.15) is 0 Å². The van der Waals surface area contributed by atoms with Gasteiger partial charge in [0.1, 0.15) is 5.82 Å². The number of benzene rings is 1. The first-order valence-electron chi connectivity index (χ1n) is 6.45. The molecule has 0 aliphatic heterocycles. The zero-order valence-electron chi connectivity index (χ0n) is 12.3. The van der Waals surface area contributed by atoms with Crippen LogP contribution in [0.4, 0.5) is 22.9 Å². The van der Waals surface area contributed by atoms with E-state index in [1.807, 2.05) is 0 Å². The lowest BCUT2D eigenvalue weighted by Gasteiger charge is -2.11. The van der Waals surface area contributed by atoms with Gasteiger partial charge in [0.05, 0.1) is 9.85 Å². The summed E-state index contributed by atoms with van der Waals surface area (Å²) < 4.78 is 0. The first kappa shape index (κ1) is 15.4. The van der Waals surface area contributed by atoms with Gasteiger partial charge in [0.2, 0.25) is 0 Å². The zero-order valence-corrected chi connectivity index (χ0v) is 12.3. The van der Waals surface area contributed by atoms with Crippen molar-refractivity contribution in [3.05, 3.63) is 61.3 Å². The SMILES string of the molecule is Cc1cccc(Nc2c([N+](=O)[O-])cc(C)c(C)c2[N+](=O)[O-])n1. The first-order valence-corrected chi connectivity index (χ1v) is 6.45. The second-order valence-electron chi connectivity index (χ2n) is 4.86. The number of rotatable bonds is 4. The molecule has 0 radical (unpaired) electrons. The number of nitrogens with zero attached hydrogens (tertiary/aromatic N) is 3. The van der Waals surface area contributed by atoms with Crippen molar-refractivity contribution in [3.63, 3.8) is 0 Å². The molecule has 1 N–H and O–H groups in total. The average molecular weight is 302 g/mol. The molecule has 0 unspecified atom stereocenters. The number of hydrogen-bond donors (Lipinski definition) is 1. The summed E-state index contributed by atoms with van der Waals surface area (Å²) in [6.07, 6.45) is 0. The molecule has 0 saturated carbocycles. The zero-order chi connectivity index (χ0) is 16.4. The third kappa shape index (κ3) is 2.85. The molecule has 0 atom stereocenters. The van der Waals surface area contributed by atoms with Crippen LogP contribution in [0.2, 0.25) is 0 Å². The van der Waals surface area contributed by atoms with Gasteiger partial charge in [-0.05, 0) is 38.5 Å². The second kappa shape index (κ2) is 5.76. The summed E-state index contributed by atoms with van der Waals surface area (Å²) in [5.41, 5.74) is 0.746. The molecule has 0 bridgehead atoms. The Kier molecular flexibility index (Phi) is 4.02. The molecule has 8 heteroatoms. The molecule has 0 aliphatic carbocycles. The normalized spacial score (nSPS) is 10.3. The van der Waals surface area contributed by atoms with Gasteiger partial charge in [-0.3, -0.25) is 20.2 Å². The van der Waals surface area contributed by atoms with Crippen LogP contribution >= 0.6 is 0 Å². The van der Waals surface area contributed by atoms with E-state index in [2.05, 4.69) is 10.3 Å². The molecule has 8 nitrogen and oxygen atoms in total. The molecule has 1 aromatic heterocycles. The van der Waals surface area contributed by atoms with Crippen LogP contribution in [-0.2, 0) is 0 Å².